The van der Waals surface area contributed by atoms with E-state index in [2.05, 4.69) is 69.6 Å². The van der Waals surface area contributed by atoms with Crippen LogP contribution in [0.25, 0.3) is 0 Å². The maximum Gasteiger partial charge on any atom is 0.0860 e. The zero-order valence-electron chi connectivity index (χ0n) is 15.5. The summed E-state index contributed by atoms with van der Waals surface area (Å²) in [7, 11) is 0. The van der Waals surface area contributed by atoms with Crippen molar-refractivity contribution in [3.8, 4) is 0 Å². The monoisotopic (exact) mass is 347 g/mol. The molecule has 2 bridgehead atoms. The topological polar surface area (TPSA) is 18.8 Å². The Hall–Kier alpha value is -1.87. The Morgan fingerprint density at radius 1 is 0.885 bits per heavy atom. The number of fused-ring (bicyclic) bond motifs is 3. The van der Waals surface area contributed by atoms with Crippen molar-refractivity contribution in [1.29, 1.82) is 0 Å². The number of nitrogens with zero attached hydrogens (tertiary/aromatic N) is 3. The molecule has 136 valence electrons. The number of hydrogen-bond acceptors (Lipinski definition) is 3. The molecule has 1 aromatic carbocycles. The quantitative estimate of drug-likeness (QED) is 0.711. The van der Waals surface area contributed by atoms with Crippen LogP contribution in [0.2, 0.25) is 0 Å². The standard InChI is InChI=1S/C23H29N3/c1-2-4-8-18(9-5-3-1)26-19-12-13-20(26)17-21(16-19)25-15-14-24-22-10-6-7-11-23(22)25/h4,6-8,10-14,18-21H,1-3,5,9,15-17H2. The van der Waals surface area contributed by atoms with Gasteiger partial charge in [0.25, 0.3) is 0 Å². The van der Waals surface area contributed by atoms with E-state index in [9.17, 15) is 0 Å². The van der Waals surface area contributed by atoms with E-state index in [4.69, 9.17) is 0 Å². The molecule has 26 heavy (non-hydrogen) atoms. The average molecular weight is 348 g/mol. The van der Waals surface area contributed by atoms with Crippen molar-refractivity contribution in [1.82, 2.24) is 4.90 Å². The molecule has 0 aromatic heterocycles. The third-order valence-electron chi connectivity index (χ3n) is 6.60. The van der Waals surface area contributed by atoms with Crippen molar-refractivity contribution in [2.45, 2.75) is 69.1 Å². The smallest absolute Gasteiger partial charge is 0.0860 e. The van der Waals surface area contributed by atoms with Crippen molar-refractivity contribution in [3.63, 3.8) is 0 Å². The van der Waals surface area contributed by atoms with Gasteiger partial charge in [0.15, 0.2) is 0 Å². The zero-order chi connectivity index (χ0) is 17.3. The summed E-state index contributed by atoms with van der Waals surface area (Å²) in [5, 5.41) is 0. The maximum absolute atomic E-state index is 4.60. The minimum Gasteiger partial charge on any atom is -0.361 e. The first-order valence-electron chi connectivity index (χ1n) is 10.4. The molecule has 4 aliphatic rings. The second kappa shape index (κ2) is 7.03. The van der Waals surface area contributed by atoms with Crippen LogP contribution in [-0.2, 0) is 0 Å². The van der Waals surface area contributed by atoms with E-state index in [-0.39, 0.29) is 0 Å². The number of aliphatic imine (C=N–C) groups is 1. The highest BCUT2D eigenvalue weighted by molar-refractivity contribution is 5.81. The molecular formula is C23H29N3. The van der Waals surface area contributed by atoms with Gasteiger partial charge < -0.3 is 4.90 Å². The Morgan fingerprint density at radius 3 is 2.62 bits per heavy atom. The molecule has 0 saturated carbocycles. The fraction of sp³-hybridized carbons (Fsp3) is 0.522. The number of rotatable bonds is 2. The van der Waals surface area contributed by atoms with Gasteiger partial charge in [-0.25, -0.2) is 0 Å². The van der Waals surface area contributed by atoms with Crippen LogP contribution in [0.4, 0.5) is 11.4 Å². The Kier molecular flexibility index (Phi) is 4.41. The lowest BCUT2D eigenvalue weighted by atomic mass is 9.90. The van der Waals surface area contributed by atoms with Gasteiger partial charge in [0.1, 0.15) is 0 Å². The highest BCUT2D eigenvalue weighted by Crippen LogP contribution is 2.40. The molecule has 1 saturated heterocycles. The molecule has 3 aliphatic heterocycles. The van der Waals surface area contributed by atoms with E-state index in [1.54, 1.807) is 0 Å². The van der Waals surface area contributed by atoms with Gasteiger partial charge in [-0.1, -0.05) is 49.3 Å². The number of allylic oxidation sites excluding steroid dienone is 1. The summed E-state index contributed by atoms with van der Waals surface area (Å²) in [5.41, 5.74) is 2.45. The minimum absolute atomic E-state index is 0.596. The molecular weight excluding hydrogens is 318 g/mol. The van der Waals surface area contributed by atoms with Crippen molar-refractivity contribution in [2.75, 3.05) is 11.4 Å². The van der Waals surface area contributed by atoms with Gasteiger partial charge in [0, 0.05) is 30.4 Å². The second-order valence-corrected chi connectivity index (χ2v) is 8.18. The third kappa shape index (κ3) is 2.92. The lowest BCUT2D eigenvalue weighted by Gasteiger charge is -2.47. The Bertz CT molecular complexity index is 719. The Morgan fingerprint density at radius 2 is 1.73 bits per heavy atom. The van der Waals surface area contributed by atoms with Crippen LogP contribution in [0.15, 0.2) is 53.6 Å². The summed E-state index contributed by atoms with van der Waals surface area (Å²) in [4.78, 5) is 10.0. The number of hydrogen-bond donors (Lipinski definition) is 0. The summed E-state index contributed by atoms with van der Waals surface area (Å²) in [6, 6.07) is 11.1. The first-order chi connectivity index (χ1) is 12.9. The third-order valence-corrected chi connectivity index (χ3v) is 6.60. The van der Waals surface area contributed by atoms with Crippen LogP contribution in [0.5, 0.6) is 0 Å². The van der Waals surface area contributed by atoms with Crippen LogP contribution in [-0.4, -0.2) is 41.8 Å². The molecule has 3 unspecified atom stereocenters. The summed E-state index contributed by atoms with van der Waals surface area (Å²) >= 11 is 0. The zero-order valence-corrected chi connectivity index (χ0v) is 15.5. The SMILES string of the molecule is C1=CC(N2C3C=CC2CC(N2CC=Nc4ccccc42)C3)CCCCC1. The van der Waals surface area contributed by atoms with Gasteiger partial charge in [-0.15, -0.1) is 0 Å². The molecule has 3 nitrogen and oxygen atoms in total. The van der Waals surface area contributed by atoms with Gasteiger partial charge in [-0.3, -0.25) is 9.89 Å². The van der Waals surface area contributed by atoms with Gasteiger partial charge in [0.05, 0.1) is 17.9 Å². The summed E-state index contributed by atoms with van der Waals surface area (Å²) in [6.45, 7) is 0.949. The average Bonchev–Trinajstić information content (AvgIpc) is 2.91. The largest absolute Gasteiger partial charge is 0.361 e. The fourth-order valence-electron chi connectivity index (χ4n) is 5.38. The van der Waals surface area contributed by atoms with Gasteiger partial charge in [-0.05, 0) is 44.2 Å². The van der Waals surface area contributed by atoms with E-state index < -0.39 is 0 Å². The molecule has 5 rings (SSSR count). The summed E-state index contributed by atoms with van der Waals surface area (Å²) in [6.07, 6.45) is 21.2. The summed E-state index contributed by atoms with van der Waals surface area (Å²) < 4.78 is 0. The van der Waals surface area contributed by atoms with Gasteiger partial charge in [-0.2, -0.15) is 0 Å². The molecule has 3 heterocycles. The fourth-order valence-corrected chi connectivity index (χ4v) is 5.38. The molecule has 1 fully saturated rings. The van der Waals surface area contributed by atoms with Crippen molar-refractivity contribution >= 4 is 17.6 Å². The van der Waals surface area contributed by atoms with E-state index in [0.29, 0.717) is 24.2 Å². The molecule has 1 aliphatic carbocycles. The number of benzene rings is 1. The lowest BCUT2D eigenvalue weighted by Crippen LogP contribution is -2.54. The van der Waals surface area contributed by atoms with Crippen LogP contribution < -0.4 is 4.90 Å². The Labute approximate surface area is 157 Å². The molecule has 3 heteroatoms. The summed E-state index contributed by atoms with van der Waals surface area (Å²) in [5.74, 6) is 0. The molecule has 0 amide bonds. The highest BCUT2D eigenvalue weighted by atomic mass is 15.3. The molecule has 3 atom stereocenters. The van der Waals surface area contributed by atoms with E-state index in [0.717, 1.165) is 12.2 Å². The maximum atomic E-state index is 4.60. The normalized spacial score (nSPS) is 33.8. The van der Waals surface area contributed by atoms with Crippen molar-refractivity contribution in [3.05, 3.63) is 48.6 Å². The molecule has 0 N–H and O–H groups in total. The first kappa shape index (κ1) is 16.3. The van der Waals surface area contributed by atoms with Crippen LogP contribution in [0.1, 0.15) is 44.9 Å². The molecule has 0 radical (unpaired) electrons. The Balaban J connectivity index is 1.35. The lowest BCUT2D eigenvalue weighted by molar-refractivity contribution is 0.104. The second-order valence-electron chi connectivity index (χ2n) is 8.18. The van der Waals surface area contributed by atoms with E-state index in [1.807, 2.05) is 0 Å². The van der Waals surface area contributed by atoms with E-state index in [1.165, 1.54) is 50.6 Å². The number of anilines is 1. The van der Waals surface area contributed by atoms with Crippen molar-refractivity contribution < 1.29 is 0 Å². The highest BCUT2D eigenvalue weighted by Gasteiger charge is 2.42. The number of para-hydroxylation sites is 2. The molecule has 1 aromatic rings. The minimum atomic E-state index is 0.596. The predicted octanol–water partition coefficient (Wildman–Crippen LogP) is 4.87. The first-order valence-corrected chi connectivity index (χ1v) is 10.4. The van der Waals surface area contributed by atoms with Crippen LogP contribution in [0.3, 0.4) is 0 Å². The van der Waals surface area contributed by atoms with Crippen LogP contribution in [0, 0.1) is 0 Å². The predicted molar refractivity (Wildman–Crippen MR) is 110 cm³/mol. The molecule has 0 spiro atoms. The van der Waals surface area contributed by atoms with Crippen molar-refractivity contribution in [2.24, 2.45) is 4.99 Å². The number of piperidine rings is 1. The van der Waals surface area contributed by atoms with E-state index >= 15 is 0 Å². The van der Waals surface area contributed by atoms with Gasteiger partial charge >= 0.3 is 0 Å². The van der Waals surface area contributed by atoms with Gasteiger partial charge in [0.2, 0.25) is 0 Å². The van der Waals surface area contributed by atoms with Crippen LogP contribution >= 0.6 is 0 Å².